The number of anilines is 6. The van der Waals surface area contributed by atoms with Gasteiger partial charge in [0.15, 0.2) is 0 Å². The van der Waals surface area contributed by atoms with Crippen LogP contribution < -0.4 is 72.9 Å². The number of carbonyl (C=O) groups is 13. The molecular weight excluding hydrogens is 1730 g/mol. The fraction of sp³-hybridized carbons (Fsp3) is 0.344. The Morgan fingerprint density at radius 2 is 0.894 bits per heavy atom. The molecule has 2 fully saturated rings. The zero-order chi connectivity index (χ0) is 92.7. The van der Waals surface area contributed by atoms with E-state index >= 15 is 0 Å². The lowest BCUT2D eigenvalue weighted by atomic mass is 9.95. The molecule has 4 atom stereocenters. The predicted molar refractivity (Wildman–Crippen MR) is 504 cm³/mol. The normalized spacial score (nSPS) is 16.8. The van der Waals surface area contributed by atoms with Crippen molar-refractivity contribution in [2.75, 3.05) is 154 Å². The van der Waals surface area contributed by atoms with E-state index in [0.717, 1.165) is 108 Å². The van der Waals surface area contributed by atoms with Gasteiger partial charge in [0.25, 0.3) is 35.4 Å². The van der Waals surface area contributed by atoms with Crippen LogP contribution in [-0.2, 0) is 36.8 Å². The van der Waals surface area contributed by atoms with Crippen LogP contribution in [0.1, 0.15) is 127 Å². The molecule has 2 aromatic heterocycles. The molecule has 17 rings (SSSR count). The Bertz CT molecular complexity index is 6230. The monoisotopic (exact) mass is 1830 g/mol. The Hall–Kier alpha value is -13.9. The molecule has 10 aromatic rings. The van der Waals surface area contributed by atoms with Crippen LogP contribution in [0, 0.1) is 0 Å². The highest BCUT2D eigenvalue weighted by atomic mass is 35.5. The van der Waals surface area contributed by atoms with Crippen LogP contribution in [0.2, 0.25) is 0 Å². The third kappa shape index (κ3) is 19.7. The molecule has 7 aliphatic heterocycles. The summed E-state index contributed by atoms with van der Waals surface area (Å²) in [5.41, 5.74) is 26.8. The first-order chi connectivity index (χ1) is 63.8. The molecule has 686 valence electrons. The number of primary amides is 2. The number of aromatic nitrogens is 2. The summed E-state index contributed by atoms with van der Waals surface area (Å²) in [5, 5.41) is 18.3. The third-order valence-corrected chi connectivity index (χ3v) is 26.2. The number of urea groups is 2. The maximum Gasteiger partial charge on any atom is 0.415 e. The van der Waals surface area contributed by atoms with E-state index in [4.69, 9.17) is 49.9 Å². The van der Waals surface area contributed by atoms with Gasteiger partial charge in [-0.3, -0.25) is 48.1 Å². The Labute approximate surface area is 769 Å². The minimum atomic E-state index is -0.942. The second-order valence-corrected chi connectivity index (χ2v) is 34.7. The van der Waals surface area contributed by atoms with Crippen molar-refractivity contribution in [3.8, 4) is 11.5 Å². The minimum absolute atomic E-state index is 0.120. The molecule has 9 heterocycles. The first-order valence-corrected chi connectivity index (χ1v) is 45.4. The van der Waals surface area contributed by atoms with Crippen LogP contribution in [0.3, 0.4) is 0 Å². The molecular formula is C96H103Cl2N19O15. The van der Waals surface area contributed by atoms with Crippen molar-refractivity contribution >= 4 is 178 Å². The number of aromatic amines is 2. The van der Waals surface area contributed by atoms with Crippen molar-refractivity contribution in [3.63, 3.8) is 0 Å². The quantitative estimate of drug-likeness (QED) is 0.0130. The van der Waals surface area contributed by atoms with Gasteiger partial charge in [0.2, 0.25) is 17.7 Å². The SMILES string of the molecule is CN1CCN(C(=O)Oc2cc3c(c4ccccc24)[C@H](CCl)CN3C(=O)c2cc3c4c(ccc3[nH]2)N(C(=O)c2ccc(NC(=O)[C@@H](N)CCCNC(N)=O)cc2)CC4)CC1.CN1CCN(C(=O)Oc2cc3c(c4ccccc24)[C@H](CCl)CN3C(=O)c2cc3c4c(ccc3[nH]2)N(C(=O)c2ccc(NC(=O)[C@H](CCCNC(N)=O)NC(=O)CCCCCN3C(=O)C=CC3=O)cc2)CC4)CC1. The van der Waals surface area contributed by atoms with E-state index in [9.17, 15) is 62.3 Å². The second kappa shape index (κ2) is 40.2. The van der Waals surface area contributed by atoms with Crippen LogP contribution in [-0.4, -0.2) is 248 Å². The van der Waals surface area contributed by atoms with E-state index in [1.165, 1.54) is 12.2 Å². The van der Waals surface area contributed by atoms with Crippen LogP contribution in [0.4, 0.5) is 53.3 Å². The van der Waals surface area contributed by atoms with Crippen molar-refractivity contribution in [3.05, 3.63) is 203 Å². The Kier molecular flexibility index (Phi) is 27.8. The van der Waals surface area contributed by atoms with E-state index in [1.807, 2.05) is 99.0 Å². The number of piperazine rings is 2. The van der Waals surface area contributed by atoms with Crippen molar-refractivity contribution < 1.29 is 71.8 Å². The maximum absolute atomic E-state index is 14.6. The number of ether oxygens (including phenoxy) is 2. The number of imide groups is 1. The van der Waals surface area contributed by atoms with E-state index < -0.39 is 42.2 Å². The fourth-order valence-electron chi connectivity index (χ4n) is 18.4. The molecule has 0 bridgehead atoms. The molecule has 0 radical (unpaired) electrons. The number of nitrogens with zero attached hydrogens (tertiary/aromatic N) is 9. The Balaban J connectivity index is 0.000000197. The zero-order valence-electron chi connectivity index (χ0n) is 73.0. The number of rotatable bonds is 27. The van der Waals surface area contributed by atoms with E-state index in [2.05, 4.69) is 46.4 Å². The molecule has 0 spiro atoms. The predicted octanol–water partition coefficient (Wildman–Crippen LogP) is 10.6. The minimum Gasteiger partial charge on any atom is -0.409 e. The highest BCUT2D eigenvalue weighted by molar-refractivity contribution is 6.21. The number of carbonyl (C=O) groups excluding carboxylic acids is 13. The van der Waals surface area contributed by atoms with Crippen LogP contribution >= 0.6 is 23.2 Å². The van der Waals surface area contributed by atoms with Crippen molar-refractivity contribution in [1.82, 2.24) is 50.4 Å². The molecule has 0 unspecified atom stereocenters. The van der Waals surface area contributed by atoms with Crippen LogP contribution in [0.15, 0.2) is 158 Å². The molecule has 7 aliphatic rings. The summed E-state index contributed by atoms with van der Waals surface area (Å²) < 4.78 is 12.1. The highest BCUT2D eigenvalue weighted by Crippen LogP contribution is 2.49. The number of H-pyrrole nitrogens is 2. The lowest BCUT2D eigenvalue weighted by Crippen LogP contribution is -2.48. The van der Waals surface area contributed by atoms with Crippen LogP contribution in [0.5, 0.6) is 11.5 Å². The van der Waals surface area contributed by atoms with E-state index in [0.29, 0.717) is 173 Å². The molecule has 2 saturated heterocycles. The van der Waals surface area contributed by atoms with Gasteiger partial charge in [-0.15, -0.1) is 23.2 Å². The summed E-state index contributed by atoms with van der Waals surface area (Å²) in [6.07, 6.45) is 5.86. The van der Waals surface area contributed by atoms with Gasteiger partial charge < -0.3 is 102 Å². The van der Waals surface area contributed by atoms with Gasteiger partial charge >= 0.3 is 24.2 Å². The van der Waals surface area contributed by atoms with E-state index in [1.54, 1.807) is 90.1 Å². The summed E-state index contributed by atoms with van der Waals surface area (Å²) >= 11 is 13.1. The van der Waals surface area contributed by atoms with Crippen molar-refractivity contribution in [2.24, 2.45) is 17.2 Å². The smallest absolute Gasteiger partial charge is 0.409 e. The summed E-state index contributed by atoms with van der Waals surface area (Å²) in [5.74, 6) is -1.83. The average Bonchev–Trinajstić information content (AvgIpc) is 1.58. The maximum atomic E-state index is 14.6. The Morgan fingerprint density at radius 3 is 1.33 bits per heavy atom. The molecule has 36 heteroatoms. The topological polar surface area (TPSA) is 439 Å². The van der Waals surface area contributed by atoms with Crippen LogP contribution in [0.25, 0.3) is 43.4 Å². The second-order valence-electron chi connectivity index (χ2n) is 34.1. The van der Waals surface area contributed by atoms with Gasteiger partial charge in [0, 0.05) is 219 Å². The number of benzene rings is 8. The third-order valence-electron chi connectivity index (χ3n) is 25.5. The first kappa shape index (κ1) is 91.4. The first-order valence-electron chi connectivity index (χ1n) is 44.4. The van der Waals surface area contributed by atoms with Crippen molar-refractivity contribution in [2.45, 2.75) is 88.1 Å². The lowest BCUT2D eigenvalue weighted by Gasteiger charge is -2.31. The largest absolute Gasteiger partial charge is 0.415 e. The number of nitrogens with two attached hydrogens (primary N) is 3. The van der Waals surface area contributed by atoms with Gasteiger partial charge in [-0.05, 0) is 183 Å². The number of hydrogen-bond donors (Lipinski definition) is 10. The number of unbranched alkanes of at least 4 members (excludes halogenated alkanes) is 2. The number of alkyl halides is 2. The van der Waals surface area contributed by atoms with Gasteiger partial charge in [-0.1, -0.05) is 55.0 Å². The number of amides is 15. The molecule has 0 saturated carbocycles. The standard InChI is InChI=1S/C53H57ClN10O9.C43H46ClN9O6/c1-60-24-26-61(27-25-60)53(72)73-44-29-43-48(37-9-5-4-8-36(37)44)33(30-54)31-64(43)51(70)41-28-38-35-20-23-62(42(35)17-16-39(38)58-41)50(69)32-12-14-34(15-13-32)57-49(68)40(10-7-21-56-52(55)71)59-45(65)11-3-2-6-22-63-46(66)18-19-47(63)67;1-50-17-19-51(20-18-50)43(58)59-37-22-36-38(30-6-3-2-5-29(30)37)26(23-44)24-53(36)41(56)34-21-31-28-14-16-52(35(28)13-12-33(31)49-34)40(55)25-8-10-27(11-9-25)48-39(54)32(45)7-4-15-47-42(46)57/h4-5,8-9,12-19,28-29,33,40,58H,2-3,6-7,10-11,20-27,30-31H2,1H3,(H,57,68)(H,59,65)(H3,55,56,71);2-3,5-6,8-13,21-22,26,32,49H,4,7,14-20,23-24,45H2,1H3,(H,48,54)(H3,46,47,57)/t33-,40+;26-,32+/m11/s1. The summed E-state index contributed by atoms with van der Waals surface area (Å²) in [7, 11) is 4.04. The zero-order valence-corrected chi connectivity index (χ0v) is 74.6. The number of hydrogen-bond acceptors (Lipinski definition) is 18. The molecule has 15 amide bonds. The number of nitrogens with one attached hydrogen (secondary N) is 7. The summed E-state index contributed by atoms with van der Waals surface area (Å²) in [6, 6.07) is 40.3. The molecule has 0 aliphatic carbocycles. The molecule has 8 aromatic carbocycles. The molecule has 13 N–H and O–H groups in total. The van der Waals surface area contributed by atoms with E-state index in [-0.39, 0.29) is 90.9 Å². The van der Waals surface area contributed by atoms with Gasteiger partial charge in [0.05, 0.1) is 17.4 Å². The molecule has 132 heavy (non-hydrogen) atoms. The average molecular weight is 1830 g/mol. The number of fused-ring (bicyclic) bond motifs is 12. The van der Waals surface area contributed by atoms with Crippen molar-refractivity contribution in [1.29, 1.82) is 0 Å². The molecule has 34 nitrogen and oxygen atoms in total. The summed E-state index contributed by atoms with van der Waals surface area (Å²) in [6.45, 7) is 7.59. The van der Waals surface area contributed by atoms with Gasteiger partial charge in [0.1, 0.15) is 28.9 Å². The number of likely N-dealkylation sites (N-methyl/N-ethyl adjacent to an activating group) is 2. The van der Waals surface area contributed by atoms with Gasteiger partial charge in [-0.2, -0.15) is 0 Å². The highest BCUT2D eigenvalue weighted by Gasteiger charge is 2.41. The lowest BCUT2D eigenvalue weighted by molar-refractivity contribution is -0.137. The fourth-order valence-corrected chi connectivity index (χ4v) is 18.9. The number of halogens is 2. The Morgan fingerprint density at radius 1 is 0.462 bits per heavy atom. The summed E-state index contributed by atoms with van der Waals surface area (Å²) in [4.78, 5) is 191. The van der Waals surface area contributed by atoms with Gasteiger partial charge in [-0.25, -0.2) is 19.2 Å².